The number of anilines is 1. The first-order valence-electron chi connectivity index (χ1n) is 9.62. The molecule has 4 atom stereocenters. The second-order valence-corrected chi connectivity index (χ2v) is 7.63. The van der Waals surface area contributed by atoms with Crippen LogP contribution >= 0.6 is 11.6 Å². The number of hydrogen-bond donors (Lipinski definition) is 4. The van der Waals surface area contributed by atoms with Crippen molar-refractivity contribution >= 4 is 28.6 Å². The fourth-order valence-electron chi connectivity index (χ4n) is 3.70. The van der Waals surface area contributed by atoms with Crippen LogP contribution in [-0.2, 0) is 22.6 Å². The van der Waals surface area contributed by atoms with Gasteiger partial charge in [-0.2, -0.15) is 10.1 Å². The Morgan fingerprint density at radius 2 is 2.23 bits per heavy atom. The van der Waals surface area contributed by atoms with Crippen LogP contribution in [0.5, 0.6) is 6.01 Å². The van der Waals surface area contributed by atoms with E-state index in [1.165, 1.54) is 0 Å². The number of fused-ring (bicyclic) bond motifs is 2. The van der Waals surface area contributed by atoms with Crippen LogP contribution in [0.25, 0.3) is 11.2 Å². The van der Waals surface area contributed by atoms with E-state index in [0.29, 0.717) is 54.3 Å². The van der Waals surface area contributed by atoms with Crippen LogP contribution in [-0.4, -0.2) is 73.3 Å². The van der Waals surface area contributed by atoms with E-state index in [0.717, 1.165) is 5.69 Å². The molecule has 0 aliphatic carbocycles. The first-order chi connectivity index (χ1) is 14.6. The third kappa shape index (κ3) is 3.70. The molecule has 4 N–H and O–H groups in total. The van der Waals surface area contributed by atoms with Crippen LogP contribution < -0.4 is 10.1 Å². The number of imidazole rings is 1. The van der Waals surface area contributed by atoms with Gasteiger partial charge in [0.15, 0.2) is 11.9 Å². The highest BCUT2D eigenvalue weighted by Gasteiger charge is 2.48. The van der Waals surface area contributed by atoms with E-state index in [1.54, 1.807) is 16.9 Å². The maximum Gasteiger partial charge on any atom is 0.296 e. The van der Waals surface area contributed by atoms with Gasteiger partial charge in [-0.1, -0.05) is 11.6 Å². The van der Waals surface area contributed by atoms with Gasteiger partial charge >= 0.3 is 0 Å². The number of aliphatic hydroxyl groups is 2. The minimum absolute atomic E-state index is 0.0319. The van der Waals surface area contributed by atoms with Gasteiger partial charge in [-0.05, 0) is 12.1 Å². The van der Waals surface area contributed by atoms with Crippen molar-refractivity contribution in [2.24, 2.45) is 5.92 Å². The maximum atomic E-state index is 9.74. The van der Waals surface area contributed by atoms with Gasteiger partial charge < -0.3 is 34.7 Å². The van der Waals surface area contributed by atoms with E-state index in [-0.39, 0.29) is 24.7 Å². The van der Waals surface area contributed by atoms with E-state index >= 15 is 0 Å². The Hall–Kier alpha value is -2.44. The Kier molecular flexibility index (Phi) is 5.21. The van der Waals surface area contributed by atoms with E-state index < -0.39 is 6.29 Å². The minimum Gasteiger partial charge on any atom is -0.458 e. The molecular weight excluding hydrogens is 416 g/mol. The molecule has 2 saturated heterocycles. The zero-order chi connectivity index (χ0) is 20.7. The fraction of sp³-hybridized carbons (Fsp3) is 0.500. The quantitative estimate of drug-likeness (QED) is 0.417. The molecule has 0 unspecified atom stereocenters. The number of nitrogens with zero attached hydrogens (tertiary/aromatic N) is 4. The van der Waals surface area contributed by atoms with Crippen molar-refractivity contribution in [2.75, 3.05) is 25.1 Å². The Morgan fingerprint density at radius 1 is 1.33 bits per heavy atom. The molecule has 0 amide bonds. The highest BCUT2D eigenvalue weighted by atomic mass is 35.5. The van der Waals surface area contributed by atoms with Crippen LogP contribution in [0.2, 0.25) is 5.02 Å². The molecule has 160 valence electrons. The number of aromatic amines is 1. The van der Waals surface area contributed by atoms with E-state index in [4.69, 9.17) is 30.9 Å². The molecule has 3 aromatic rings. The summed E-state index contributed by atoms with van der Waals surface area (Å²) in [5, 5.41) is 26.6. The smallest absolute Gasteiger partial charge is 0.296 e. The molecule has 2 aliphatic rings. The highest BCUT2D eigenvalue weighted by Crippen LogP contribution is 2.33. The first-order valence-corrected chi connectivity index (χ1v) is 10.00. The molecule has 2 fully saturated rings. The van der Waals surface area contributed by atoms with Crippen molar-refractivity contribution in [3.8, 4) is 6.01 Å². The second kappa shape index (κ2) is 8.00. The fourth-order valence-corrected chi connectivity index (χ4v) is 3.92. The Labute approximate surface area is 175 Å². The largest absolute Gasteiger partial charge is 0.458 e. The lowest BCUT2D eigenvalue weighted by atomic mass is 10.0. The number of halogens is 1. The molecule has 5 rings (SSSR count). The summed E-state index contributed by atoms with van der Waals surface area (Å²) in [5.41, 5.74) is 1.90. The van der Waals surface area contributed by atoms with E-state index in [9.17, 15) is 5.11 Å². The summed E-state index contributed by atoms with van der Waals surface area (Å²) in [6.07, 6.45) is 0.246. The molecule has 0 spiro atoms. The number of nitrogens with one attached hydrogen (secondary N) is 2. The van der Waals surface area contributed by atoms with Crippen LogP contribution in [0, 0.1) is 5.92 Å². The Morgan fingerprint density at radius 3 is 3.10 bits per heavy atom. The second-order valence-electron chi connectivity index (χ2n) is 7.22. The zero-order valence-corrected chi connectivity index (χ0v) is 16.6. The van der Waals surface area contributed by atoms with Gasteiger partial charge in [0, 0.05) is 6.20 Å². The van der Waals surface area contributed by atoms with Crippen LogP contribution in [0.15, 0.2) is 18.3 Å². The molecule has 0 saturated carbocycles. The summed E-state index contributed by atoms with van der Waals surface area (Å²) >= 11 is 6.36. The summed E-state index contributed by atoms with van der Waals surface area (Å²) in [6, 6.07) is 3.90. The maximum absolute atomic E-state index is 9.74. The first kappa shape index (κ1) is 19.5. The van der Waals surface area contributed by atoms with Gasteiger partial charge in [0.05, 0.1) is 55.1 Å². The van der Waals surface area contributed by atoms with Crippen LogP contribution in [0.3, 0.4) is 0 Å². The van der Waals surface area contributed by atoms with Crippen molar-refractivity contribution in [2.45, 2.75) is 31.6 Å². The average Bonchev–Trinajstić information content (AvgIpc) is 3.48. The summed E-state index contributed by atoms with van der Waals surface area (Å²) < 4.78 is 18.4. The summed E-state index contributed by atoms with van der Waals surface area (Å²) in [5.74, 6) is 0.433. The number of ether oxygens (including phenoxy) is 3. The zero-order valence-electron chi connectivity index (χ0n) is 15.9. The third-order valence-electron chi connectivity index (χ3n) is 5.22. The van der Waals surface area contributed by atoms with Gasteiger partial charge in [-0.25, -0.2) is 4.98 Å². The summed E-state index contributed by atoms with van der Waals surface area (Å²) in [6.45, 7) is 1.64. The molecule has 5 heterocycles. The predicted molar refractivity (Wildman–Crippen MR) is 105 cm³/mol. The molecule has 2 aliphatic heterocycles. The van der Waals surface area contributed by atoms with Crippen LogP contribution in [0.4, 0.5) is 5.82 Å². The topological polar surface area (TPSA) is 140 Å². The molecular formula is C18H21ClN6O5. The van der Waals surface area contributed by atoms with Gasteiger partial charge in [0.25, 0.3) is 6.01 Å². The lowest BCUT2D eigenvalue weighted by molar-refractivity contribution is -0.123. The molecule has 11 nitrogen and oxygen atoms in total. The van der Waals surface area contributed by atoms with Crippen molar-refractivity contribution in [3.05, 3.63) is 29.0 Å². The molecule has 3 aromatic heterocycles. The normalized spacial score (nSPS) is 25.7. The number of H-pyrrole nitrogens is 1. The number of hydrogen-bond acceptors (Lipinski definition) is 9. The molecule has 0 bridgehead atoms. The Bertz CT molecular complexity index is 1040. The standard InChI is InChI=1S/C18H21ClN6O5/c19-11-5-12-16(22-15(11)20-6-9-1-2-25(24-9)3-4-26)23-18(21-12)30-13-8-28-14-10(13)7-29-17(14)27/h1-2,5,10,13-14,17,26-27H,3-4,6-8H2,(H2,20,21,22,23)/t10-,13-,14+,17-/m1/s1. The number of aliphatic hydroxyl groups excluding tert-OH is 2. The predicted octanol–water partition coefficient (Wildman–Crippen LogP) is 0.523. The SMILES string of the molecule is OCCn1ccc(CNc2nc3nc(O[C@@H]4CO[C@H]5[C@@H]4CO[C@H]5O)[nH]c3cc2Cl)n1. The van der Waals surface area contributed by atoms with Gasteiger partial charge in [-0.3, -0.25) is 4.68 Å². The van der Waals surface area contributed by atoms with E-state index in [1.807, 2.05) is 6.07 Å². The lowest BCUT2D eigenvalue weighted by Crippen LogP contribution is -2.30. The molecule has 30 heavy (non-hydrogen) atoms. The van der Waals surface area contributed by atoms with E-state index in [2.05, 4.69) is 25.4 Å². The molecule has 12 heteroatoms. The lowest BCUT2D eigenvalue weighted by Gasteiger charge is -2.14. The van der Waals surface area contributed by atoms with Crippen molar-refractivity contribution in [1.29, 1.82) is 0 Å². The number of rotatable bonds is 7. The van der Waals surface area contributed by atoms with Gasteiger partial charge in [0.2, 0.25) is 0 Å². The average molecular weight is 437 g/mol. The minimum atomic E-state index is -0.914. The molecule has 0 radical (unpaired) electrons. The van der Waals surface area contributed by atoms with Crippen LogP contribution in [0.1, 0.15) is 5.69 Å². The Balaban J connectivity index is 1.28. The number of pyridine rings is 1. The monoisotopic (exact) mass is 436 g/mol. The third-order valence-corrected chi connectivity index (χ3v) is 5.51. The highest BCUT2D eigenvalue weighted by molar-refractivity contribution is 6.33. The molecule has 0 aromatic carbocycles. The van der Waals surface area contributed by atoms with Crippen molar-refractivity contribution < 1.29 is 24.4 Å². The summed E-state index contributed by atoms with van der Waals surface area (Å²) in [7, 11) is 0. The van der Waals surface area contributed by atoms with Gasteiger partial charge in [0.1, 0.15) is 18.0 Å². The number of aromatic nitrogens is 5. The van der Waals surface area contributed by atoms with Crippen molar-refractivity contribution in [1.82, 2.24) is 24.7 Å². The van der Waals surface area contributed by atoms with Crippen molar-refractivity contribution in [3.63, 3.8) is 0 Å². The van der Waals surface area contributed by atoms with Gasteiger partial charge in [-0.15, -0.1) is 0 Å². The summed E-state index contributed by atoms with van der Waals surface area (Å²) in [4.78, 5) is 11.9.